The number of hydrogen-bond acceptors (Lipinski definition) is 3. The highest BCUT2D eigenvalue weighted by Crippen LogP contribution is 2.37. The first kappa shape index (κ1) is 26.0. The van der Waals surface area contributed by atoms with Crippen molar-refractivity contribution in [1.29, 1.82) is 0 Å². The van der Waals surface area contributed by atoms with Gasteiger partial charge in [-0.1, -0.05) is 73.2 Å². The smallest absolute Gasteiger partial charge is 0.123 e. The predicted octanol–water partition coefficient (Wildman–Crippen LogP) is 7.18. The first-order valence-electron chi connectivity index (χ1n) is 12.7. The lowest BCUT2D eigenvalue weighted by Gasteiger charge is -2.30. The molecule has 1 N–H and O–H groups in total. The van der Waals surface area contributed by atoms with Gasteiger partial charge in [-0.3, -0.25) is 4.90 Å². The Labute approximate surface area is 206 Å². The minimum Gasteiger partial charge on any atom is -0.489 e. The van der Waals surface area contributed by atoms with Gasteiger partial charge in [0.1, 0.15) is 12.4 Å². The van der Waals surface area contributed by atoms with E-state index >= 15 is 0 Å². The Morgan fingerprint density at radius 2 is 1.41 bits per heavy atom. The van der Waals surface area contributed by atoms with Gasteiger partial charge in [0.2, 0.25) is 0 Å². The third-order valence-corrected chi connectivity index (χ3v) is 6.56. The molecule has 0 fully saturated rings. The Kier molecular flexibility index (Phi) is 10.2. The number of benzene rings is 3. The molecule has 3 heteroatoms. The molecule has 0 saturated carbocycles. The zero-order valence-electron chi connectivity index (χ0n) is 21.3. The van der Waals surface area contributed by atoms with Gasteiger partial charge in [-0.2, -0.15) is 0 Å². The van der Waals surface area contributed by atoms with Gasteiger partial charge in [0, 0.05) is 23.6 Å². The molecule has 0 aliphatic heterocycles. The summed E-state index contributed by atoms with van der Waals surface area (Å²) in [6, 6.07) is 28.3. The van der Waals surface area contributed by atoms with Crippen molar-refractivity contribution in [3.63, 3.8) is 0 Å². The summed E-state index contributed by atoms with van der Waals surface area (Å²) in [6.07, 6.45) is 3.35. The van der Waals surface area contributed by atoms with E-state index in [4.69, 9.17) is 4.74 Å². The number of aliphatic hydroxyl groups is 1. The van der Waals surface area contributed by atoms with Gasteiger partial charge in [-0.25, -0.2) is 0 Å². The summed E-state index contributed by atoms with van der Waals surface area (Å²) in [5.74, 6) is 1.13. The zero-order valence-corrected chi connectivity index (χ0v) is 21.3. The van der Waals surface area contributed by atoms with Gasteiger partial charge in [0.25, 0.3) is 0 Å². The van der Waals surface area contributed by atoms with Crippen molar-refractivity contribution in [2.45, 2.75) is 78.2 Å². The Hall–Kier alpha value is -2.62. The van der Waals surface area contributed by atoms with E-state index in [0.29, 0.717) is 18.7 Å². The average molecular weight is 460 g/mol. The van der Waals surface area contributed by atoms with Crippen molar-refractivity contribution in [1.82, 2.24) is 4.90 Å². The summed E-state index contributed by atoms with van der Waals surface area (Å²) in [5.41, 5.74) is 4.54. The van der Waals surface area contributed by atoms with Gasteiger partial charge in [0.15, 0.2) is 0 Å². The normalized spacial score (nSPS) is 12.5. The first-order chi connectivity index (χ1) is 16.5. The summed E-state index contributed by atoms with van der Waals surface area (Å²) in [7, 11) is 0. The average Bonchev–Trinajstić information content (AvgIpc) is 2.85. The number of aliphatic hydroxyl groups excluding tert-OH is 1. The van der Waals surface area contributed by atoms with Gasteiger partial charge in [0.05, 0.1) is 6.61 Å². The summed E-state index contributed by atoms with van der Waals surface area (Å²) in [5, 5.41) is 9.85. The van der Waals surface area contributed by atoms with E-state index in [1.165, 1.54) is 17.5 Å². The van der Waals surface area contributed by atoms with Crippen LogP contribution in [0.15, 0.2) is 78.9 Å². The third-order valence-electron chi connectivity index (χ3n) is 6.56. The molecule has 0 bridgehead atoms. The van der Waals surface area contributed by atoms with Crippen LogP contribution in [0.3, 0.4) is 0 Å². The quantitative estimate of drug-likeness (QED) is 0.275. The molecule has 3 aromatic rings. The molecule has 3 nitrogen and oxygen atoms in total. The predicted molar refractivity (Wildman–Crippen MR) is 142 cm³/mol. The van der Waals surface area contributed by atoms with Gasteiger partial charge in [-0.05, 0) is 75.9 Å². The minimum absolute atomic E-state index is 0.0329. The van der Waals surface area contributed by atoms with E-state index in [1.54, 1.807) is 0 Å². The number of rotatable bonds is 13. The molecule has 0 amide bonds. The van der Waals surface area contributed by atoms with Crippen LogP contribution in [0.4, 0.5) is 0 Å². The van der Waals surface area contributed by atoms with Crippen LogP contribution in [0, 0.1) is 0 Å². The number of hydrogen-bond donors (Lipinski definition) is 1. The Balaban J connectivity index is 1.82. The fourth-order valence-electron chi connectivity index (χ4n) is 4.78. The summed E-state index contributed by atoms with van der Waals surface area (Å²) >= 11 is 0. The van der Waals surface area contributed by atoms with Crippen molar-refractivity contribution in [2.24, 2.45) is 0 Å². The fourth-order valence-corrected chi connectivity index (χ4v) is 4.78. The molecular weight excluding hydrogens is 418 g/mol. The zero-order chi connectivity index (χ0) is 24.3. The van der Waals surface area contributed by atoms with Crippen molar-refractivity contribution in [3.8, 4) is 5.75 Å². The maximum absolute atomic E-state index is 9.85. The lowest BCUT2D eigenvalue weighted by molar-refractivity contribution is 0.171. The molecule has 0 radical (unpaired) electrons. The van der Waals surface area contributed by atoms with Crippen LogP contribution in [0.25, 0.3) is 0 Å². The number of nitrogens with zero attached hydrogens (tertiary/aromatic N) is 1. The molecule has 0 aromatic heterocycles. The summed E-state index contributed by atoms with van der Waals surface area (Å²) in [4.78, 5) is 2.57. The van der Waals surface area contributed by atoms with Crippen LogP contribution in [-0.4, -0.2) is 28.6 Å². The Morgan fingerprint density at radius 3 is 2.03 bits per heavy atom. The van der Waals surface area contributed by atoms with Crippen molar-refractivity contribution in [3.05, 3.63) is 101 Å². The van der Waals surface area contributed by atoms with E-state index in [-0.39, 0.29) is 12.5 Å². The van der Waals surface area contributed by atoms with Crippen LogP contribution in [0.5, 0.6) is 5.75 Å². The molecule has 3 rings (SSSR count). The fraction of sp³-hybridized carbons (Fsp3) is 0.419. The van der Waals surface area contributed by atoms with Crippen LogP contribution < -0.4 is 4.74 Å². The second-order valence-corrected chi connectivity index (χ2v) is 9.69. The number of ether oxygens (including phenoxy) is 1. The Morgan fingerprint density at radius 1 is 0.765 bits per heavy atom. The number of unbranched alkanes of at least 4 members (excludes halogenated alkanes) is 1. The molecule has 0 saturated heterocycles. The maximum Gasteiger partial charge on any atom is 0.123 e. The van der Waals surface area contributed by atoms with E-state index in [9.17, 15) is 5.11 Å². The molecule has 0 unspecified atom stereocenters. The highest BCUT2D eigenvalue weighted by atomic mass is 16.5. The molecule has 0 spiro atoms. The SMILES string of the molecule is CC(C)N(CCCC[C@H](c1ccccc1)c1cc(CO)ccc1OCc1ccccc1)C(C)C. The van der Waals surface area contributed by atoms with Crippen LogP contribution >= 0.6 is 0 Å². The van der Waals surface area contributed by atoms with Crippen molar-refractivity contribution in [2.75, 3.05) is 6.54 Å². The van der Waals surface area contributed by atoms with E-state index in [1.807, 2.05) is 30.3 Å². The second-order valence-electron chi connectivity index (χ2n) is 9.69. The van der Waals surface area contributed by atoms with E-state index < -0.39 is 0 Å². The highest BCUT2D eigenvalue weighted by molar-refractivity contribution is 5.44. The Bertz CT molecular complexity index is 961. The second kappa shape index (κ2) is 13.3. The molecule has 0 heterocycles. The lowest BCUT2D eigenvalue weighted by Crippen LogP contribution is -2.37. The third kappa shape index (κ3) is 7.44. The van der Waals surface area contributed by atoms with Crippen LogP contribution in [0.1, 0.15) is 75.1 Å². The minimum atomic E-state index is 0.0329. The lowest BCUT2D eigenvalue weighted by atomic mass is 9.85. The first-order valence-corrected chi connectivity index (χ1v) is 12.7. The molecule has 1 atom stereocenters. The van der Waals surface area contributed by atoms with Gasteiger partial charge >= 0.3 is 0 Å². The molecular formula is C31H41NO2. The molecule has 0 aliphatic rings. The maximum atomic E-state index is 9.85. The molecule has 182 valence electrons. The van der Waals surface area contributed by atoms with Gasteiger partial charge < -0.3 is 9.84 Å². The van der Waals surface area contributed by atoms with Crippen LogP contribution in [-0.2, 0) is 13.2 Å². The standard InChI is InChI=1S/C31H41NO2/c1-24(2)32(25(3)4)20-12-11-17-29(28-15-9-6-10-16-28)30-21-27(22-33)18-19-31(30)34-23-26-13-7-5-8-14-26/h5-10,13-16,18-19,21,24-25,29,33H,11-12,17,20,22-23H2,1-4H3/t29-/m1/s1. The largest absolute Gasteiger partial charge is 0.489 e. The van der Waals surface area contributed by atoms with Crippen molar-refractivity contribution >= 4 is 0 Å². The molecule has 34 heavy (non-hydrogen) atoms. The highest BCUT2D eigenvalue weighted by Gasteiger charge is 2.20. The van der Waals surface area contributed by atoms with Crippen molar-refractivity contribution < 1.29 is 9.84 Å². The summed E-state index contributed by atoms with van der Waals surface area (Å²) in [6.45, 7) is 10.8. The topological polar surface area (TPSA) is 32.7 Å². The summed E-state index contributed by atoms with van der Waals surface area (Å²) < 4.78 is 6.34. The van der Waals surface area contributed by atoms with Crippen LogP contribution in [0.2, 0.25) is 0 Å². The molecule has 3 aromatic carbocycles. The molecule has 0 aliphatic carbocycles. The van der Waals surface area contributed by atoms with E-state index in [2.05, 4.69) is 81.1 Å². The van der Waals surface area contributed by atoms with Gasteiger partial charge in [-0.15, -0.1) is 0 Å². The monoisotopic (exact) mass is 459 g/mol. The van der Waals surface area contributed by atoms with E-state index in [0.717, 1.165) is 36.3 Å².